The van der Waals surface area contributed by atoms with Crippen LogP contribution in [-0.2, 0) is 6.42 Å². The van der Waals surface area contributed by atoms with Crippen molar-refractivity contribution in [2.45, 2.75) is 25.8 Å². The summed E-state index contributed by atoms with van der Waals surface area (Å²) in [5.74, 6) is -0.882. The molecule has 0 bridgehead atoms. The quantitative estimate of drug-likeness (QED) is 0.831. The summed E-state index contributed by atoms with van der Waals surface area (Å²) >= 11 is 0. The molecule has 0 radical (unpaired) electrons. The predicted molar refractivity (Wildman–Crippen MR) is 62.6 cm³/mol. The molecule has 1 atom stereocenters. The fourth-order valence-corrected chi connectivity index (χ4v) is 1.25. The molecular formula is C11H16ClNO2. The number of aromatic carboxylic acids is 1. The molecule has 1 rings (SSSR count). The first kappa shape index (κ1) is 13.9. The molecule has 0 amide bonds. The van der Waals surface area contributed by atoms with Crippen LogP contribution in [0.25, 0.3) is 0 Å². The standard InChI is InChI=1S/C11H15NO2.ClH/c1-8(12)5-6-9-3-2-4-10(7-9)11(13)14;/h2-4,7-8H,5-6,12H2,1H3,(H,13,14);1H/t8-;/m1./s1. The smallest absolute Gasteiger partial charge is 0.335 e. The highest BCUT2D eigenvalue weighted by Crippen LogP contribution is 2.08. The second-order valence-corrected chi connectivity index (χ2v) is 3.52. The molecule has 0 aliphatic heterocycles. The molecule has 0 fully saturated rings. The van der Waals surface area contributed by atoms with Crippen molar-refractivity contribution in [1.82, 2.24) is 0 Å². The Morgan fingerprint density at radius 1 is 1.53 bits per heavy atom. The average Bonchev–Trinajstić information content (AvgIpc) is 2.15. The maximum Gasteiger partial charge on any atom is 0.335 e. The van der Waals surface area contributed by atoms with E-state index in [4.69, 9.17) is 10.8 Å². The Bertz CT molecular complexity index is 326. The summed E-state index contributed by atoms with van der Waals surface area (Å²) in [6.45, 7) is 1.95. The highest BCUT2D eigenvalue weighted by molar-refractivity contribution is 5.87. The lowest BCUT2D eigenvalue weighted by atomic mass is 10.0. The van der Waals surface area contributed by atoms with Crippen molar-refractivity contribution in [3.05, 3.63) is 35.4 Å². The predicted octanol–water partition coefficient (Wildman–Crippen LogP) is 2.09. The first-order chi connectivity index (χ1) is 6.59. The summed E-state index contributed by atoms with van der Waals surface area (Å²) in [5.41, 5.74) is 6.99. The molecule has 0 spiro atoms. The molecule has 15 heavy (non-hydrogen) atoms. The van der Waals surface area contributed by atoms with Gasteiger partial charge in [0.05, 0.1) is 5.56 Å². The normalized spacial score (nSPS) is 11.6. The lowest BCUT2D eigenvalue weighted by Gasteiger charge is -2.05. The van der Waals surface area contributed by atoms with E-state index in [1.54, 1.807) is 18.2 Å². The van der Waals surface area contributed by atoms with Crippen LogP contribution >= 0.6 is 12.4 Å². The van der Waals surface area contributed by atoms with Crippen LogP contribution in [0.5, 0.6) is 0 Å². The number of hydrogen-bond acceptors (Lipinski definition) is 2. The summed E-state index contributed by atoms with van der Waals surface area (Å²) in [6, 6.07) is 7.14. The van der Waals surface area contributed by atoms with Crippen molar-refractivity contribution in [2.75, 3.05) is 0 Å². The van der Waals surface area contributed by atoms with Gasteiger partial charge in [0, 0.05) is 6.04 Å². The molecular weight excluding hydrogens is 214 g/mol. The van der Waals surface area contributed by atoms with E-state index in [9.17, 15) is 4.79 Å². The maximum atomic E-state index is 10.7. The molecule has 0 heterocycles. The number of carbonyl (C=O) groups is 1. The summed E-state index contributed by atoms with van der Waals surface area (Å²) < 4.78 is 0. The highest BCUT2D eigenvalue weighted by Gasteiger charge is 2.03. The van der Waals surface area contributed by atoms with Crippen LogP contribution in [-0.4, -0.2) is 17.1 Å². The van der Waals surface area contributed by atoms with Crippen LogP contribution in [0.2, 0.25) is 0 Å². The van der Waals surface area contributed by atoms with Crippen LogP contribution < -0.4 is 5.73 Å². The molecule has 0 saturated heterocycles. The van der Waals surface area contributed by atoms with E-state index in [1.165, 1.54) is 0 Å². The second-order valence-electron chi connectivity index (χ2n) is 3.52. The largest absolute Gasteiger partial charge is 0.478 e. The summed E-state index contributed by atoms with van der Waals surface area (Å²) in [5, 5.41) is 8.76. The van der Waals surface area contributed by atoms with Gasteiger partial charge in [-0.15, -0.1) is 12.4 Å². The third-order valence-electron chi connectivity index (χ3n) is 2.06. The van der Waals surface area contributed by atoms with Crippen molar-refractivity contribution < 1.29 is 9.90 Å². The summed E-state index contributed by atoms with van der Waals surface area (Å²) in [6.07, 6.45) is 1.71. The van der Waals surface area contributed by atoms with E-state index in [0.29, 0.717) is 5.56 Å². The van der Waals surface area contributed by atoms with Crippen molar-refractivity contribution in [1.29, 1.82) is 0 Å². The third-order valence-corrected chi connectivity index (χ3v) is 2.06. The first-order valence-electron chi connectivity index (χ1n) is 4.67. The molecule has 84 valence electrons. The van der Waals surface area contributed by atoms with Gasteiger partial charge in [0.15, 0.2) is 0 Å². The van der Waals surface area contributed by atoms with E-state index >= 15 is 0 Å². The number of carboxylic acids is 1. The van der Waals surface area contributed by atoms with E-state index in [-0.39, 0.29) is 18.4 Å². The van der Waals surface area contributed by atoms with E-state index < -0.39 is 5.97 Å². The van der Waals surface area contributed by atoms with Crippen molar-refractivity contribution in [3.63, 3.8) is 0 Å². The molecule has 4 heteroatoms. The molecule has 3 nitrogen and oxygen atoms in total. The van der Waals surface area contributed by atoms with Crippen molar-refractivity contribution >= 4 is 18.4 Å². The van der Waals surface area contributed by atoms with E-state index in [1.807, 2.05) is 13.0 Å². The Balaban J connectivity index is 0.00000196. The van der Waals surface area contributed by atoms with Gasteiger partial charge in [0.1, 0.15) is 0 Å². The Morgan fingerprint density at radius 3 is 2.73 bits per heavy atom. The second kappa shape index (κ2) is 6.43. The minimum atomic E-state index is -0.882. The van der Waals surface area contributed by atoms with Crippen molar-refractivity contribution in [3.8, 4) is 0 Å². The van der Waals surface area contributed by atoms with Crippen molar-refractivity contribution in [2.24, 2.45) is 5.73 Å². The lowest BCUT2D eigenvalue weighted by Crippen LogP contribution is -2.15. The van der Waals surface area contributed by atoms with Gasteiger partial charge in [0.25, 0.3) is 0 Å². The van der Waals surface area contributed by atoms with Gasteiger partial charge in [0.2, 0.25) is 0 Å². The monoisotopic (exact) mass is 229 g/mol. The van der Waals surface area contributed by atoms with Gasteiger partial charge < -0.3 is 10.8 Å². The fourth-order valence-electron chi connectivity index (χ4n) is 1.25. The Hall–Kier alpha value is -1.06. The topological polar surface area (TPSA) is 63.3 Å². The zero-order valence-corrected chi connectivity index (χ0v) is 9.46. The maximum absolute atomic E-state index is 10.7. The van der Waals surface area contributed by atoms with Gasteiger partial charge in [-0.1, -0.05) is 12.1 Å². The zero-order valence-electron chi connectivity index (χ0n) is 8.64. The van der Waals surface area contributed by atoms with Gasteiger partial charge in [-0.3, -0.25) is 0 Å². The van der Waals surface area contributed by atoms with Crippen LogP contribution in [0.15, 0.2) is 24.3 Å². The number of hydrogen-bond donors (Lipinski definition) is 2. The number of nitrogens with two attached hydrogens (primary N) is 1. The van der Waals surface area contributed by atoms with Crippen LogP contribution in [0.1, 0.15) is 29.3 Å². The van der Waals surface area contributed by atoms with Gasteiger partial charge in [-0.2, -0.15) is 0 Å². The lowest BCUT2D eigenvalue weighted by molar-refractivity contribution is 0.0697. The van der Waals surface area contributed by atoms with E-state index in [0.717, 1.165) is 18.4 Å². The van der Waals surface area contributed by atoms with Gasteiger partial charge in [-0.05, 0) is 37.5 Å². The molecule has 0 aromatic heterocycles. The van der Waals surface area contributed by atoms with E-state index in [2.05, 4.69) is 0 Å². The number of halogens is 1. The zero-order chi connectivity index (χ0) is 10.6. The fraction of sp³-hybridized carbons (Fsp3) is 0.364. The summed E-state index contributed by atoms with van der Waals surface area (Å²) in [4.78, 5) is 10.7. The number of rotatable bonds is 4. The van der Waals surface area contributed by atoms with Crippen LogP contribution in [0.4, 0.5) is 0 Å². The molecule has 0 aliphatic carbocycles. The first-order valence-corrected chi connectivity index (χ1v) is 4.67. The molecule has 1 aromatic carbocycles. The molecule has 1 aromatic rings. The van der Waals surface area contributed by atoms with Crippen LogP contribution in [0.3, 0.4) is 0 Å². The number of carboxylic acid groups (broad SMARTS) is 1. The molecule has 3 N–H and O–H groups in total. The Kier molecular flexibility index (Phi) is 5.97. The Morgan fingerprint density at radius 2 is 2.20 bits per heavy atom. The average molecular weight is 230 g/mol. The SMILES string of the molecule is C[C@@H](N)CCc1cccc(C(=O)O)c1.Cl. The summed E-state index contributed by atoms with van der Waals surface area (Å²) in [7, 11) is 0. The minimum Gasteiger partial charge on any atom is -0.478 e. The Labute approximate surface area is 95.7 Å². The van der Waals surface area contributed by atoms with Gasteiger partial charge >= 0.3 is 5.97 Å². The molecule has 0 saturated carbocycles. The number of benzene rings is 1. The van der Waals surface area contributed by atoms with Crippen LogP contribution in [0, 0.1) is 0 Å². The third kappa shape index (κ3) is 4.81. The molecule has 0 unspecified atom stereocenters. The highest BCUT2D eigenvalue weighted by atomic mass is 35.5. The molecule has 0 aliphatic rings. The van der Waals surface area contributed by atoms with Gasteiger partial charge in [-0.25, -0.2) is 4.79 Å². The minimum absolute atomic E-state index is 0. The number of aryl methyl sites for hydroxylation is 1.